The van der Waals surface area contributed by atoms with Gasteiger partial charge in [-0.3, -0.25) is 4.79 Å². The van der Waals surface area contributed by atoms with Crippen LogP contribution in [0.3, 0.4) is 0 Å². The molecule has 262 valence electrons. The Morgan fingerprint density at radius 2 is 0.962 bits per heavy atom. The topological polar surface area (TPSA) is 72.5 Å². The normalized spacial score (nSPS) is 10.8. The number of carbonyl (C=O) groups is 1. The molecule has 7 heteroatoms. The smallest absolute Gasteiger partial charge is 0.204 e. The van der Waals surface area contributed by atoms with Crippen molar-refractivity contribution in [2.24, 2.45) is 0 Å². The Bertz CT molecular complexity index is 2060. The van der Waals surface area contributed by atoms with Crippen LogP contribution in [0.15, 0.2) is 152 Å². The summed E-state index contributed by atoms with van der Waals surface area (Å²) in [6.07, 6.45) is 3.20. The fourth-order valence-electron chi connectivity index (χ4n) is 5.48. The maximum absolute atomic E-state index is 14.2. The van der Waals surface area contributed by atoms with E-state index < -0.39 is 0 Å². The molecule has 0 bridgehead atoms. The molecular weight excluding hydrogens is 652 g/mol. The SMILES string of the molecule is COc1cc(OCc2ccccc2)c(OC)c(OCc2ccccc2)c1C(=O)/C=C/c1ccc(OCc2ccccc2)cc1OCc1ccccc1. The molecule has 0 heterocycles. The fourth-order valence-corrected chi connectivity index (χ4v) is 5.48. The molecular formula is C45H40O7. The molecule has 6 aromatic carbocycles. The summed E-state index contributed by atoms with van der Waals surface area (Å²) < 4.78 is 36.6. The van der Waals surface area contributed by atoms with Gasteiger partial charge in [0.25, 0.3) is 0 Å². The van der Waals surface area contributed by atoms with Gasteiger partial charge in [0.2, 0.25) is 5.75 Å². The number of carbonyl (C=O) groups excluding carboxylic acids is 1. The highest BCUT2D eigenvalue weighted by Crippen LogP contribution is 2.46. The molecule has 0 atom stereocenters. The van der Waals surface area contributed by atoms with Gasteiger partial charge in [-0.15, -0.1) is 0 Å². The highest BCUT2D eigenvalue weighted by Gasteiger charge is 2.26. The second-order valence-corrected chi connectivity index (χ2v) is 11.8. The first kappa shape index (κ1) is 35.4. The first-order valence-corrected chi connectivity index (χ1v) is 16.9. The number of hydrogen-bond donors (Lipinski definition) is 0. The van der Waals surface area contributed by atoms with Crippen molar-refractivity contribution < 1.29 is 33.2 Å². The third-order valence-electron chi connectivity index (χ3n) is 8.18. The first-order chi connectivity index (χ1) is 25.6. The summed E-state index contributed by atoms with van der Waals surface area (Å²) in [5.74, 6) is 2.02. The fraction of sp³-hybridized carbons (Fsp3) is 0.133. The Morgan fingerprint density at radius 3 is 1.46 bits per heavy atom. The molecule has 0 spiro atoms. The zero-order valence-electron chi connectivity index (χ0n) is 29.2. The molecule has 7 nitrogen and oxygen atoms in total. The molecule has 0 saturated heterocycles. The van der Waals surface area contributed by atoms with Gasteiger partial charge in [-0.2, -0.15) is 0 Å². The molecule has 0 aromatic heterocycles. The summed E-state index contributed by atoms with van der Waals surface area (Å²) in [6.45, 7) is 1.21. The number of allylic oxidation sites excluding steroid dienone is 1. The van der Waals surface area contributed by atoms with Gasteiger partial charge in [-0.1, -0.05) is 121 Å². The largest absolute Gasteiger partial charge is 0.496 e. The molecule has 0 fully saturated rings. The molecule has 0 aliphatic heterocycles. The summed E-state index contributed by atoms with van der Waals surface area (Å²) in [7, 11) is 3.03. The van der Waals surface area contributed by atoms with Gasteiger partial charge in [0.1, 0.15) is 49.2 Å². The van der Waals surface area contributed by atoms with E-state index in [9.17, 15) is 4.79 Å². The number of methoxy groups -OCH3 is 2. The lowest BCUT2D eigenvalue weighted by Crippen LogP contribution is -2.09. The molecule has 0 N–H and O–H groups in total. The van der Waals surface area contributed by atoms with E-state index in [4.69, 9.17) is 28.4 Å². The van der Waals surface area contributed by atoms with Crippen molar-refractivity contribution in [1.82, 2.24) is 0 Å². The number of rotatable bonds is 17. The van der Waals surface area contributed by atoms with Crippen molar-refractivity contribution in [3.63, 3.8) is 0 Å². The number of hydrogen-bond acceptors (Lipinski definition) is 7. The molecule has 0 aliphatic carbocycles. The Labute approximate surface area is 304 Å². The lowest BCUT2D eigenvalue weighted by Gasteiger charge is -2.20. The van der Waals surface area contributed by atoms with Crippen LogP contribution >= 0.6 is 0 Å². The molecule has 0 saturated carbocycles. The average molecular weight is 693 g/mol. The van der Waals surface area contributed by atoms with Crippen molar-refractivity contribution in [1.29, 1.82) is 0 Å². The van der Waals surface area contributed by atoms with Crippen LogP contribution in [0.2, 0.25) is 0 Å². The molecule has 52 heavy (non-hydrogen) atoms. The summed E-state index contributed by atoms with van der Waals surface area (Å²) in [6, 6.07) is 46.6. The van der Waals surface area contributed by atoms with E-state index in [-0.39, 0.29) is 41.8 Å². The van der Waals surface area contributed by atoms with Crippen LogP contribution < -0.4 is 28.4 Å². The predicted molar refractivity (Wildman–Crippen MR) is 202 cm³/mol. The predicted octanol–water partition coefficient (Wildman–Crippen LogP) is 9.92. The average Bonchev–Trinajstić information content (AvgIpc) is 3.21. The minimum Gasteiger partial charge on any atom is -0.496 e. The molecule has 0 radical (unpaired) electrons. The Hall–Kier alpha value is -6.47. The van der Waals surface area contributed by atoms with Gasteiger partial charge < -0.3 is 28.4 Å². The first-order valence-electron chi connectivity index (χ1n) is 16.9. The lowest BCUT2D eigenvalue weighted by molar-refractivity contribution is 0.103. The highest BCUT2D eigenvalue weighted by atomic mass is 16.5. The monoisotopic (exact) mass is 692 g/mol. The van der Waals surface area contributed by atoms with Crippen molar-refractivity contribution in [2.75, 3.05) is 14.2 Å². The number of benzene rings is 6. The van der Waals surface area contributed by atoms with Crippen LogP contribution in [0.5, 0.6) is 34.5 Å². The van der Waals surface area contributed by atoms with Crippen LogP contribution in [0, 0.1) is 0 Å². The van der Waals surface area contributed by atoms with Crippen molar-refractivity contribution in [3.05, 3.63) is 185 Å². The van der Waals surface area contributed by atoms with E-state index >= 15 is 0 Å². The van der Waals surface area contributed by atoms with Gasteiger partial charge in [0.05, 0.1) is 14.2 Å². The third kappa shape index (κ3) is 9.40. The molecule has 0 amide bonds. The second kappa shape index (κ2) is 18.0. The Balaban J connectivity index is 1.32. The molecule has 6 rings (SSSR count). The Kier molecular flexibility index (Phi) is 12.2. The molecule has 0 aliphatic rings. The van der Waals surface area contributed by atoms with Gasteiger partial charge in [-0.05, 0) is 46.5 Å². The van der Waals surface area contributed by atoms with Crippen LogP contribution in [0.1, 0.15) is 38.2 Å². The second-order valence-electron chi connectivity index (χ2n) is 11.8. The third-order valence-corrected chi connectivity index (χ3v) is 8.18. The maximum Gasteiger partial charge on any atom is 0.204 e. The highest BCUT2D eigenvalue weighted by molar-refractivity contribution is 6.11. The van der Waals surface area contributed by atoms with Gasteiger partial charge in [-0.25, -0.2) is 0 Å². The van der Waals surface area contributed by atoms with E-state index in [1.807, 2.05) is 140 Å². The van der Waals surface area contributed by atoms with Crippen molar-refractivity contribution >= 4 is 11.9 Å². The van der Waals surface area contributed by atoms with Crippen LogP contribution in [0.25, 0.3) is 6.08 Å². The van der Waals surface area contributed by atoms with Crippen LogP contribution in [-0.2, 0) is 26.4 Å². The van der Waals surface area contributed by atoms with E-state index in [0.717, 1.165) is 22.3 Å². The van der Waals surface area contributed by atoms with E-state index in [2.05, 4.69) is 0 Å². The minimum absolute atomic E-state index is 0.189. The molecule has 6 aromatic rings. The van der Waals surface area contributed by atoms with Crippen LogP contribution in [0.4, 0.5) is 0 Å². The Morgan fingerprint density at radius 1 is 0.481 bits per heavy atom. The molecule has 0 unspecified atom stereocenters. The van der Waals surface area contributed by atoms with Gasteiger partial charge >= 0.3 is 0 Å². The standard InChI is InChI=1S/C45H40O7/c1-47-41-28-42(51-31-35-19-11-5-12-20-35)44(48-2)45(52-32-36-21-13-6-14-22-36)43(41)39(46)26-24-37-23-25-38(49-29-33-15-7-3-8-16-33)27-40(37)50-30-34-17-9-4-10-18-34/h3-28H,29-32H2,1-2H3/b26-24+. The minimum atomic E-state index is -0.355. The zero-order chi connectivity index (χ0) is 36.0. The number of ketones is 1. The van der Waals surface area contributed by atoms with Crippen molar-refractivity contribution in [3.8, 4) is 34.5 Å². The van der Waals surface area contributed by atoms with Crippen LogP contribution in [-0.4, -0.2) is 20.0 Å². The van der Waals surface area contributed by atoms with Gasteiger partial charge in [0, 0.05) is 17.7 Å². The zero-order valence-corrected chi connectivity index (χ0v) is 29.2. The van der Waals surface area contributed by atoms with E-state index in [1.165, 1.54) is 20.3 Å². The van der Waals surface area contributed by atoms with E-state index in [1.54, 1.807) is 12.1 Å². The summed E-state index contributed by atoms with van der Waals surface area (Å²) in [5, 5.41) is 0. The quantitative estimate of drug-likeness (QED) is 0.0696. The lowest BCUT2D eigenvalue weighted by atomic mass is 10.0. The summed E-state index contributed by atoms with van der Waals surface area (Å²) in [5.41, 5.74) is 4.85. The number of ether oxygens (including phenoxy) is 6. The van der Waals surface area contributed by atoms with Crippen molar-refractivity contribution in [2.45, 2.75) is 26.4 Å². The van der Waals surface area contributed by atoms with E-state index in [0.29, 0.717) is 36.0 Å². The summed E-state index contributed by atoms with van der Waals surface area (Å²) >= 11 is 0. The maximum atomic E-state index is 14.2. The van der Waals surface area contributed by atoms with Gasteiger partial charge in [0.15, 0.2) is 17.3 Å². The summed E-state index contributed by atoms with van der Waals surface area (Å²) in [4.78, 5) is 14.2.